The molecule has 7 heteroatoms. The quantitative estimate of drug-likeness (QED) is 0.866. The second-order valence-electron chi connectivity index (χ2n) is 5.14. The molecular weight excluding hydrogens is 316 g/mol. The maximum atomic E-state index is 11.7. The minimum atomic E-state index is -0.419. The number of benzene rings is 1. The molecule has 1 aromatic carbocycles. The highest BCUT2D eigenvalue weighted by molar-refractivity contribution is 7.09. The number of esters is 1. The van der Waals surface area contributed by atoms with Crippen LogP contribution in [0.2, 0.25) is 0 Å². The van der Waals surface area contributed by atoms with Crippen LogP contribution in [-0.4, -0.2) is 24.7 Å². The SMILES string of the molecule is CCOC(=O)c1csc([C@H]2C[C@@H](N)c3ccc(OC)cc3O2)n1. The summed E-state index contributed by atoms with van der Waals surface area (Å²) in [6.45, 7) is 2.09. The predicted molar refractivity (Wildman–Crippen MR) is 86.0 cm³/mol. The average Bonchev–Trinajstić information content (AvgIpc) is 3.04. The molecule has 0 saturated heterocycles. The van der Waals surface area contributed by atoms with E-state index in [1.165, 1.54) is 11.3 Å². The van der Waals surface area contributed by atoms with Crippen LogP contribution in [0, 0.1) is 0 Å². The Morgan fingerprint density at radius 2 is 2.35 bits per heavy atom. The number of rotatable bonds is 4. The lowest BCUT2D eigenvalue weighted by molar-refractivity contribution is 0.0519. The summed E-state index contributed by atoms with van der Waals surface area (Å²) in [6.07, 6.45) is 0.326. The Morgan fingerprint density at radius 3 is 3.09 bits per heavy atom. The molecule has 2 N–H and O–H groups in total. The number of nitrogens with zero attached hydrogens (tertiary/aromatic N) is 1. The summed E-state index contributed by atoms with van der Waals surface area (Å²) in [5, 5.41) is 2.40. The molecule has 0 spiro atoms. The van der Waals surface area contributed by atoms with Gasteiger partial charge in [-0.3, -0.25) is 0 Å². The zero-order valence-electron chi connectivity index (χ0n) is 12.9. The normalized spacial score (nSPS) is 19.6. The second-order valence-corrected chi connectivity index (χ2v) is 6.03. The first-order valence-corrected chi connectivity index (χ1v) is 8.23. The summed E-state index contributed by atoms with van der Waals surface area (Å²) in [4.78, 5) is 16.1. The van der Waals surface area contributed by atoms with Crippen LogP contribution in [0.1, 0.15) is 46.5 Å². The van der Waals surface area contributed by atoms with Gasteiger partial charge in [-0.2, -0.15) is 0 Å². The van der Waals surface area contributed by atoms with Crippen molar-refractivity contribution in [2.24, 2.45) is 5.73 Å². The molecule has 0 saturated carbocycles. The van der Waals surface area contributed by atoms with E-state index in [4.69, 9.17) is 19.9 Å². The lowest BCUT2D eigenvalue weighted by Crippen LogP contribution is -2.24. The fourth-order valence-electron chi connectivity index (χ4n) is 2.49. The lowest BCUT2D eigenvalue weighted by atomic mass is 9.97. The molecule has 0 fully saturated rings. The topological polar surface area (TPSA) is 83.7 Å². The summed E-state index contributed by atoms with van der Waals surface area (Å²) >= 11 is 1.37. The Kier molecular flexibility index (Phi) is 4.49. The van der Waals surface area contributed by atoms with Crippen molar-refractivity contribution < 1.29 is 19.0 Å². The maximum absolute atomic E-state index is 11.7. The third-order valence-electron chi connectivity index (χ3n) is 3.64. The van der Waals surface area contributed by atoms with Gasteiger partial charge in [-0.25, -0.2) is 9.78 Å². The van der Waals surface area contributed by atoms with E-state index < -0.39 is 5.97 Å². The highest BCUT2D eigenvalue weighted by Gasteiger charge is 2.30. The molecule has 0 amide bonds. The molecule has 0 radical (unpaired) electrons. The Morgan fingerprint density at radius 1 is 1.52 bits per heavy atom. The Balaban J connectivity index is 1.83. The lowest BCUT2D eigenvalue weighted by Gasteiger charge is -2.29. The van der Waals surface area contributed by atoms with Crippen LogP contribution < -0.4 is 15.2 Å². The molecule has 2 atom stereocenters. The summed E-state index contributed by atoms with van der Waals surface area (Å²) in [5.74, 6) is 0.987. The van der Waals surface area contributed by atoms with Crippen molar-refractivity contribution in [2.75, 3.05) is 13.7 Å². The van der Waals surface area contributed by atoms with E-state index in [1.54, 1.807) is 19.4 Å². The average molecular weight is 334 g/mol. The van der Waals surface area contributed by atoms with Crippen LogP contribution in [-0.2, 0) is 4.74 Å². The van der Waals surface area contributed by atoms with Gasteiger partial charge in [0.1, 0.15) is 16.5 Å². The third kappa shape index (κ3) is 3.16. The fraction of sp³-hybridized carbons (Fsp3) is 0.375. The molecule has 0 unspecified atom stereocenters. The number of ether oxygens (including phenoxy) is 3. The summed E-state index contributed by atoms with van der Waals surface area (Å²) < 4.78 is 16.2. The maximum Gasteiger partial charge on any atom is 0.357 e. The minimum absolute atomic E-state index is 0.149. The second kappa shape index (κ2) is 6.55. The highest BCUT2D eigenvalue weighted by atomic mass is 32.1. The largest absolute Gasteiger partial charge is 0.497 e. The van der Waals surface area contributed by atoms with E-state index in [-0.39, 0.29) is 12.1 Å². The number of hydrogen-bond acceptors (Lipinski definition) is 7. The Labute approximate surface area is 138 Å². The molecule has 23 heavy (non-hydrogen) atoms. The first-order valence-electron chi connectivity index (χ1n) is 7.35. The van der Waals surface area contributed by atoms with E-state index in [9.17, 15) is 4.79 Å². The van der Waals surface area contributed by atoms with Crippen LogP contribution in [0.4, 0.5) is 0 Å². The van der Waals surface area contributed by atoms with Gasteiger partial charge in [0.25, 0.3) is 0 Å². The standard InChI is InChI=1S/C16H18N2O4S/c1-3-21-16(19)12-8-23-15(18-12)14-7-11(17)10-5-4-9(20-2)6-13(10)22-14/h4-6,8,11,14H,3,7,17H2,1-2H3/t11-,14-/m1/s1. The molecule has 1 aliphatic rings. The number of fused-ring (bicyclic) bond motifs is 1. The molecule has 1 aromatic heterocycles. The van der Waals surface area contributed by atoms with Crippen LogP contribution >= 0.6 is 11.3 Å². The zero-order chi connectivity index (χ0) is 16.4. The molecule has 1 aliphatic heterocycles. The summed E-state index contributed by atoms with van der Waals surface area (Å²) in [6, 6.07) is 5.46. The van der Waals surface area contributed by atoms with Crippen LogP contribution in [0.3, 0.4) is 0 Å². The van der Waals surface area contributed by atoms with Gasteiger partial charge in [0.05, 0.1) is 13.7 Å². The fourth-order valence-corrected chi connectivity index (χ4v) is 3.32. The number of carbonyl (C=O) groups excluding carboxylic acids is 1. The van der Waals surface area contributed by atoms with Gasteiger partial charge >= 0.3 is 5.97 Å². The molecule has 0 bridgehead atoms. The number of aromatic nitrogens is 1. The van der Waals surface area contributed by atoms with E-state index >= 15 is 0 Å². The molecular formula is C16H18N2O4S. The smallest absolute Gasteiger partial charge is 0.357 e. The van der Waals surface area contributed by atoms with Gasteiger partial charge < -0.3 is 19.9 Å². The van der Waals surface area contributed by atoms with Gasteiger partial charge in [0.15, 0.2) is 11.8 Å². The van der Waals surface area contributed by atoms with E-state index in [1.807, 2.05) is 18.2 Å². The van der Waals surface area contributed by atoms with Crippen LogP contribution in [0.15, 0.2) is 23.6 Å². The van der Waals surface area contributed by atoms with E-state index in [2.05, 4.69) is 4.98 Å². The van der Waals surface area contributed by atoms with Crippen molar-refractivity contribution in [3.63, 3.8) is 0 Å². The van der Waals surface area contributed by atoms with Crippen molar-refractivity contribution in [3.05, 3.63) is 39.8 Å². The summed E-state index contributed by atoms with van der Waals surface area (Å²) in [7, 11) is 1.61. The number of methoxy groups -OCH3 is 1. The number of thiazole rings is 1. The number of carbonyl (C=O) groups is 1. The zero-order valence-corrected chi connectivity index (χ0v) is 13.8. The molecule has 2 heterocycles. The number of hydrogen-bond donors (Lipinski definition) is 1. The molecule has 3 rings (SSSR count). The minimum Gasteiger partial charge on any atom is -0.497 e. The van der Waals surface area contributed by atoms with Gasteiger partial charge in [-0.1, -0.05) is 6.07 Å². The highest BCUT2D eigenvalue weighted by Crippen LogP contribution is 2.41. The monoisotopic (exact) mass is 334 g/mol. The molecule has 122 valence electrons. The predicted octanol–water partition coefficient (Wildman–Crippen LogP) is 2.85. The van der Waals surface area contributed by atoms with Crippen molar-refractivity contribution in [3.8, 4) is 11.5 Å². The van der Waals surface area contributed by atoms with Gasteiger partial charge in [-0.05, 0) is 13.0 Å². The number of nitrogens with two attached hydrogens (primary N) is 1. The third-order valence-corrected chi connectivity index (χ3v) is 4.58. The first kappa shape index (κ1) is 15.8. The van der Waals surface area contributed by atoms with E-state index in [0.29, 0.717) is 30.2 Å². The van der Waals surface area contributed by atoms with Gasteiger partial charge in [0.2, 0.25) is 0 Å². The molecule has 0 aliphatic carbocycles. The van der Waals surface area contributed by atoms with Gasteiger partial charge in [0, 0.05) is 29.5 Å². The molecule has 2 aromatic rings. The van der Waals surface area contributed by atoms with Gasteiger partial charge in [-0.15, -0.1) is 11.3 Å². The van der Waals surface area contributed by atoms with Crippen LogP contribution in [0.5, 0.6) is 11.5 Å². The summed E-state index contributed by atoms with van der Waals surface area (Å²) in [5.41, 5.74) is 7.50. The van der Waals surface area contributed by atoms with Crippen molar-refractivity contribution in [1.82, 2.24) is 4.98 Å². The van der Waals surface area contributed by atoms with Crippen molar-refractivity contribution >= 4 is 17.3 Å². The van der Waals surface area contributed by atoms with E-state index in [0.717, 1.165) is 10.6 Å². The van der Waals surface area contributed by atoms with Crippen molar-refractivity contribution in [2.45, 2.75) is 25.5 Å². The van der Waals surface area contributed by atoms with Crippen LogP contribution in [0.25, 0.3) is 0 Å². The Hall–Kier alpha value is -2.12. The molecule has 6 nitrogen and oxygen atoms in total. The van der Waals surface area contributed by atoms with Crippen molar-refractivity contribution in [1.29, 1.82) is 0 Å². The first-order chi connectivity index (χ1) is 11.1. The Bertz CT molecular complexity index is 716.